The van der Waals surface area contributed by atoms with Crippen molar-refractivity contribution in [2.24, 2.45) is 0 Å². The maximum Gasteiger partial charge on any atom is 0.263 e. The van der Waals surface area contributed by atoms with Crippen molar-refractivity contribution < 1.29 is 35.1 Å². The highest BCUT2D eigenvalue weighted by molar-refractivity contribution is 7.93. The van der Waals surface area contributed by atoms with Gasteiger partial charge in [-0.15, -0.1) is 0 Å². The average molecular weight is 1220 g/mol. The first-order valence-corrected chi connectivity index (χ1v) is 31.5. The molecule has 8 aromatic rings. The van der Waals surface area contributed by atoms with Gasteiger partial charge in [0.1, 0.15) is 44.4 Å². The van der Waals surface area contributed by atoms with Crippen LogP contribution in [0.15, 0.2) is 119 Å². The van der Waals surface area contributed by atoms with E-state index < -0.39 is 31.7 Å². The molecule has 2 fully saturated rings. The zero-order valence-corrected chi connectivity index (χ0v) is 49.7. The maximum absolute atomic E-state index is 15.4. The Morgan fingerprint density at radius 3 is 1.30 bits per heavy atom. The first-order valence-electron chi connectivity index (χ1n) is 27.8. The van der Waals surface area contributed by atoms with Crippen molar-refractivity contribution in [2.75, 3.05) is 47.3 Å². The van der Waals surface area contributed by atoms with E-state index in [1.165, 1.54) is 59.7 Å². The summed E-state index contributed by atoms with van der Waals surface area (Å²) in [6.45, 7) is 11.2. The molecule has 18 nitrogen and oxygen atoms in total. The van der Waals surface area contributed by atoms with Crippen LogP contribution in [0.1, 0.15) is 89.4 Å². The summed E-state index contributed by atoms with van der Waals surface area (Å²) in [5, 5.41) is 18.4. The fourth-order valence-corrected chi connectivity index (χ4v) is 14.2. The summed E-state index contributed by atoms with van der Waals surface area (Å²) in [6, 6.07) is 22.1. The van der Waals surface area contributed by atoms with Crippen molar-refractivity contribution in [1.82, 2.24) is 40.2 Å². The number of nitrogens with one attached hydrogen (secondary N) is 4. The number of rotatable bonds is 16. The molecular weight excluding hydrogens is 1160 g/mol. The van der Waals surface area contributed by atoms with Gasteiger partial charge in [-0.2, -0.15) is 10.2 Å². The zero-order valence-electron chi connectivity index (χ0n) is 46.5. The van der Waals surface area contributed by atoms with Crippen LogP contribution in [-0.2, 0) is 29.5 Å². The topological polar surface area (TPSA) is 248 Å². The molecule has 0 amide bonds. The standard InChI is InChI=1S/2C30H32ClFN6O3S/c2*1-17(2)38-29-22(18-7-10-20(11-8-18)35-21-15-41-16-21)14-34-30(33)27(29)28(36-38)19-9-12-25(24(32)13-19)37-42(39,40)26-6-4-3-5-23(26)31/h2*3-7,9,12-14,17,20-21,35,37H,8,10-11,15-16H2,1-2H3,(H2,33,34). The number of allylic oxidation sites excluding steroid dienone is 2. The molecule has 84 heavy (non-hydrogen) atoms. The molecule has 12 rings (SSSR count). The number of nitrogens with two attached hydrogens (primary N) is 2. The Bertz CT molecular complexity index is 3870. The number of nitrogens with zero attached hydrogens (tertiary/aromatic N) is 6. The van der Waals surface area contributed by atoms with Gasteiger partial charge >= 0.3 is 0 Å². The van der Waals surface area contributed by atoms with E-state index in [4.69, 9.17) is 54.3 Å². The van der Waals surface area contributed by atoms with Gasteiger partial charge in [0, 0.05) is 58.8 Å². The van der Waals surface area contributed by atoms with Crippen LogP contribution in [0.2, 0.25) is 10.0 Å². The lowest BCUT2D eigenvalue weighted by molar-refractivity contribution is -0.0103. The van der Waals surface area contributed by atoms with Crippen LogP contribution < -0.4 is 31.5 Å². The van der Waals surface area contributed by atoms with E-state index in [9.17, 15) is 16.8 Å². The number of halogens is 4. The average Bonchev–Trinajstić information content (AvgIpc) is 1.93. The minimum atomic E-state index is -4.11. The number of anilines is 4. The number of pyridine rings is 2. The van der Waals surface area contributed by atoms with Gasteiger partial charge in [0.05, 0.1) is 81.7 Å². The second kappa shape index (κ2) is 24.2. The maximum atomic E-state index is 15.4. The molecule has 2 saturated heterocycles. The molecule has 8 N–H and O–H groups in total. The SMILES string of the molecule is CC(C)n1nc(-c2ccc(NS(=O)(=O)c3ccccc3Cl)c(F)c2)c2c(N)ncc(C3=CCC(NC4COC4)CC3)c21.CC(C)n1nc(-c2ccc(NS(=O)(=O)c3ccccc3Cl)c(F)c2)c2c(N)ncc(C3=CCC(NC4COC4)CC3)c21. The van der Waals surface area contributed by atoms with E-state index in [1.807, 2.05) is 37.1 Å². The number of hydrogen-bond acceptors (Lipinski definition) is 14. The van der Waals surface area contributed by atoms with Crippen LogP contribution in [0, 0.1) is 11.6 Å². The summed E-state index contributed by atoms with van der Waals surface area (Å²) in [6.07, 6.45) is 13.6. The number of benzene rings is 4. The molecule has 2 atom stereocenters. The number of hydrogen-bond donors (Lipinski definition) is 6. The summed E-state index contributed by atoms with van der Waals surface area (Å²) in [5.41, 5.74) is 20.3. The first kappa shape index (κ1) is 58.7. The molecule has 0 spiro atoms. The lowest BCUT2D eigenvalue weighted by Crippen LogP contribution is -2.50. The molecule has 4 aromatic carbocycles. The number of fused-ring (bicyclic) bond motifs is 2. The fraction of sp³-hybridized carbons (Fsp3) is 0.333. The van der Waals surface area contributed by atoms with Crippen molar-refractivity contribution in [3.05, 3.63) is 142 Å². The minimum absolute atomic E-state index is 0.00873. The molecule has 6 heterocycles. The van der Waals surface area contributed by atoms with E-state index in [2.05, 4.69) is 42.2 Å². The summed E-state index contributed by atoms with van der Waals surface area (Å²) < 4.78 is 101. The molecule has 2 unspecified atom stereocenters. The minimum Gasteiger partial charge on any atom is -0.383 e. The summed E-state index contributed by atoms with van der Waals surface area (Å²) >= 11 is 12.1. The number of ether oxygens (including phenoxy) is 2. The van der Waals surface area contributed by atoms with Gasteiger partial charge in [-0.3, -0.25) is 18.8 Å². The highest BCUT2D eigenvalue weighted by Gasteiger charge is 2.30. The highest BCUT2D eigenvalue weighted by atomic mass is 35.5. The molecule has 440 valence electrons. The van der Waals surface area contributed by atoms with Gasteiger partial charge < -0.3 is 31.6 Å². The Hall–Kier alpha value is -7.02. The smallest absolute Gasteiger partial charge is 0.263 e. The van der Waals surface area contributed by atoms with Crippen LogP contribution in [0.3, 0.4) is 0 Å². The van der Waals surface area contributed by atoms with Gasteiger partial charge in [-0.1, -0.05) is 71.8 Å². The van der Waals surface area contributed by atoms with Gasteiger partial charge in [-0.25, -0.2) is 35.6 Å². The van der Waals surface area contributed by atoms with Gasteiger partial charge in [-0.05, 0) is 126 Å². The van der Waals surface area contributed by atoms with Crippen LogP contribution in [0.4, 0.5) is 31.8 Å². The second-order valence-corrected chi connectivity index (χ2v) is 26.1. The Morgan fingerprint density at radius 1 is 0.583 bits per heavy atom. The summed E-state index contributed by atoms with van der Waals surface area (Å²) in [5.74, 6) is -0.937. The molecule has 2 aliphatic heterocycles. The highest BCUT2D eigenvalue weighted by Crippen LogP contribution is 2.42. The third-order valence-corrected chi connectivity index (χ3v) is 19.2. The lowest BCUT2D eigenvalue weighted by Gasteiger charge is -2.33. The van der Waals surface area contributed by atoms with Crippen molar-refractivity contribution in [1.29, 1.82) is 0 Å². The van der Waals surface area contributed by atoms with Crippen molar-refractivity contribution in [3.63, 3.8) is 0 Å². The van der Waals surface area contributed by atoms with Crippen molar-refractivity contribution >= 4 is 99.2 Å². The zero-order chi connectivity index (χ0) is 59.2. The monoisotopic (exact) mass is 1220 g/mol. The van der Waals surface area contributed by atoms with E-state index >= 15 is 8.78 Å². The van der Waals surface area contributed by atoms with E-state index in [0.29, 0.717) is 69.1 Å². The molecule has 0 radical (unpaired) electrons. The molecule has 24 heteroatoms. The third kappa shape index (κ3) is 12.0. The van der Waals surface area contributed by atoms with Crippen LogP contribution in [-0.4, -0.2) is 97.0 Å². The van der Waals surface area contributed by atoms with Crippen LogP contribution >= 0.6 is 23.2 Å². The quantitative estimate of drug-likeness (QED) is 0.0527. The number of sulfonamides is 2. The third-order valence-electron chi connectivity index (χ3n) is 15.4. The largest absolute Gasteiger partial charge is 0.383 e. The lowest BCUT2D eigenvalue weighted by atomic mass is 9.89. The normalized spacial score (nSPS) is 17.8. The summed E-state index contributed by atoms with van der Waals surface area (Å²) in [7, 11) is -8.22. The summed E-state index contributed by atoms with van der Waals surface area (Å²) in [4.78, 5) is 8.75. The Labute approximate surface area is 496 Å². The Kier molecular flexibility index (Phi) is 16.9. The number of aromatic nitrogens is 6. The Morgan fingerprint density at radius 2 is 0.976 bits per heavy atom. The van der Waals surface area contributed by atoms with Gasteiger partial charge in [0.15, 0.2) is 0 Å². The first-order chi connectivity index (χ1) is 40.2. The van der Waals surface area contributed by atoms with Crippen LogP contribution in [0.25, 0.3) is 55.5 Å². The molecule has 2 aliphatic carbocycles. The van der Waals surface area contributed by atoms with Gasteiger partial charge in [0.25, 0.3) is 20.0 Å². The Balaban J connectivity index is 0.000000175. The predicted octanol–water partition coefficient (Wildman–Crippen LogP) is 11.6. The van der Waals surface area contributed by atoms with E-state index in [1.54, 1.807) is 48.8 Å². The number of nitrogen functional groups attached to an aromatic ring is 2. The van der Waals surface area contributed by atoms with E-state index in [0.717, 1.165) is 87.1 Å². The van der Waals surface area contributed by atoms with Gasteiger partial charge in [0.2, 0.25) is 0 Å². The molecule has 4 aromatic heterocycles. The predicted molar refractivity (Wildman–Crippen MR) is 327 cm³/mol. The molecule has 0 saturated carbocycles. The molecule has 4 aliphatic rings. The van der Waals surface area contributed by atoms with E-state index in [-0.39, 0.29) is 43.3 Å². The molecular formula is C60H64Cl2F2N12O6S2. The van der Waals surface area contributed by atoms with Crippen molar-refractivity contribution in [2.45, 2.75) is 112 Å². The van der Waals surface area contributed by atoms with Crippen LogP contribution in [0.5, 0.6) is 0 Å². The molecule has 0 bridgehead atoms. The fourth-order valence-electron chi connectivity index (χ4n) is 11.0. The van der Waals surface area contributed by atoms with Crippen molar-refractivity contribution in [3.8, 4) is 22.5 Å². The second-order valence-electron chi connectivity index (χ2n) is 22.0.